The molecule has 0 aliphatic carbocycles. The van der Waals surface area contributed by atoms with Gasteiger partial charge in [0.1, 0.15) is 22.8 Å². The molecule has 1 aliphatic heterocycles. The van der Waals surface area contributed by atoms with Crippen LogP contribution in [0.2, 0.25) is 5.02 Å². The van der Waals surface area contributed by atoms with Crippen molar-refractivity contribution in [3.8, 4) is 0 Å². The number of hydrazine groups is 1. The molecular formula is C23H23ClN4O6. The molecule has 3 N–H and O–H groups in total. The lowest BCUT2D eigenvalue weighted by atomic mass is 10.1. The smallest absolute Gasteiger partial charge is 0.423 e. The Morgan fingerprint density at radius 2 is 1.91 bits per heavy atom. The minimum absolute atomic E-state index is 0.149. The van der Waals surface area contributed by atoms with Crippen LogP contribution in [0, 0.1) is 13.8 Å². The van der Waals surface area contributed by atoms with E-state index in [2.05, 4.69) is 4.98 Å². The van der Waals surface area contributed by atoms with Gasteiger partial charge < -0.3 is 19.4 Å². The SMILES string of the molecule is Cc1cc(CN(NC(=O)O)C(=O)c2c(C(=O)N3CCCC3)[nH]c3cc(Cl)ccc3c2=O)c(C)o1. The minimum Gasteiger partial charge on any atom is -0.466 e. The predicted molar refractivity (Wildman–Crippen MR) is 124 cm³/mol. The average molecular weight is 487 g/mol. The number of rotatable bonds is 4. The van der Waals surface area contributed by atoms with Crippen LogP contribution in [0.4, 0.5) is 4.79 Å². The van der Waals surface area contributed by atoms with Crippen LogP contribution in [0.25, 0.3) is 10.9 Å². The van der Waals surface area contributed by atoms with Crippen LogP contribution < -0.4 is 10.9 Å². The standard InChI is InChI=1S/C23H23ClN4O6/c1-12-9-14(13(2)34-12)11-28(26-23(32)33)21(30)18-19(22(31)27-7-3-4-8-27)25-17-10-15(24)5-6-16(17)20(18)29/h5-6,9-10,26H,3-4,7-8,11H2,1-2H3,(H,25,29)(H,32,33). The third-order valence-electron chi connectivity index (χ3n) is 5.73. The van der Waals surface area contributed by atoms with Crippen LogP contribution in [0.5, 0.6) is 0 Å². The Morgan fingerprint density at radius 3 is 2.53 bits per heavy atom. The lowest BCUT2D eigenvalue weighted by Crippen LogP contribution is -2.47. The van der Waals surface area contributed by atoms with Crippen molar-refractivity contribution < 1.29 is 23.9 Å². The first-order valence-electron chi connectivity index (χ1n) is 10.7. The van der Waals surface area contributed by atoms with Crippen molar-refractivity contribution in [1.29, 1.82) is 0 Å². The third kappa shape index (κ3) is 4.49. The number of H-pyrrole nitrogens is 1. The number of nitrogens with zero attached hydrogens (tertiary/aromatic N) is 2. The molecule has 3 heterocycles. The maximum Gasteiger partial charge on any atom is 0.423 e. The molecular weight excluding hydrogens is 464 g/mol. The van der Waals surface area contributed by atoms with E-state index in [1.165, 1.54) is 18.2 Å². The number of aromatic amines is 1. The first-order valence-corrected chi connectivity index (χ1v) is 11.1. The molecule has 178 valence electrons. The van der Waals surface area contributed by atoms with Crippen LogP contribution in [0.1, 0.15) is 50.8 Å². The van der Waals surface area contributed by atoms with Gasteiger partial charge in [-0.25, -0.2) is 15.2 Å². The van der Waals surface area contributed by atoms with E-state index in [0.717, 1.165) is 17.9 Å². The monoisotopic (exact) mass is 486 g/mol. The van der Waals surface area contributed by atoms with Crippen molar-refractivity contribution in [2.45, 2.75) is 33.2 Å². The van der Waals surface area contributed by atoms with Crippen molar-refractivity contribution in [2.75, 3.05) is 13.1 Å². The lowest BCUT2D eigenvalue weighted by Gasteiger charge is -2.23. The number of furan rings is 1. The number of likely N-dealkylation sites (tertiary alicyclic amines) is 1. The molecule has 1 saturated heterocycles. The lowest BCUT2D eigenvalue weighted by molar-refractivity contribution is 0.0619. The first-order chi connectivity index (χ1) is 16.2. The van der Waals surface area contributed by atoms with Crippen LogP contribution >= 0.6 is 11.6 Å². The Kier molecular flexibility index (Phi) is 6.34. The van der Waals surface area contributed by atoms with E-state index in [-0.39, 0.29) is 17.6 Å². The number of carboxylic acid groups (broad SMARTS) is 1. The topological polar surface area (TPSA) is 136 Å². The van der Waals surface area contributed by atoms with Gasteiger partial charge in [-0.05, 0) is 51.0 Å². The summed E-state index contributed by atoms with van der Waals surface area (Å²) in [5.74, 6) is -0.384. The van der Waals surface area contributed by atoms with Gasteiger partial charge in [-0.2, -0.15) is 0 Å². The number of amides is 3. The number of aromatic nitrogens is 1. The highest BCUT2D eigenvalue weighted by atomic mass is 35.5. The zero-order valence-electron chi connectivity index (χ0n) is 18.6. The Labute approximate surface area is 199 Å². The number of pyridine rings is 1. The molecule has 10 nitrogen and oxygen atoms in total. The number of fused-ring (bicyclic) bond motifs is 1. The summed E-state index contributed by atoms with van der Waals surface area (Å²) in [7, 11) is 0. The first kappa shape index (κ1) is 23.4. The Morgan fingerprint density at radius 1 is 1.21 bits per heavy atom. The third-order valence-corrected chi connectivity index (χ3v) is 5.97. The summed E-state index contributed by atoms with van der Waals surface area (Å²) in [4.78, 5) is 56.3. The summed E-state index contributed by atoms with van der Waals surface area (Å²) in [5, 5.41) is 10.6. The number of hydrogen-bond acceptors (Lipinski definition) is 5. The van der Waals surface area contributed by atoms with E-state index in [4.69, 9.17) is 16.0 Å². The Hall–Kier alpha value is -3.79. The Balaban J connectivity index is 1.86. The summed E-state index contributed by atoms with van der Waals surface area (Å²) in [6.45, 7) is 4.18. The summed E-state index contributed by atoms with van der Waals surface area (Å²) < 4.78 is 5.47. The van der Waals surface area contributed by atoms with Crippen LogP contribution in [0.3, 0.4) is 0 Å². The molecule has 2 aromatic heterocycles. The summed E-state index contributed by atoms with van der Waals surface area (Å²) in [5.41, 5.74) is 1.55. The van der Waals surface area contributed by atoms with E-state index in [1.54, 1.807) is 24.8 Å². The molecule has 1 aliphatic rings. The van der Waals surface area contributed by atoms with Gasteiger partial charge in [0.15, 0.2) is 0 Å². The van der Waals surface area contributed by atoms with Gasteiger partial charge in [0, 0.05) is 29.1 Å². The quantitative estimate of drug-likeness (QED) is 0.483. The van der Waals surface area contributed by atoms with Crippen molar-refractivity contribution in [3.63, 3.8) is 0 Å². The highest BCUT2D eigenvalue weighted by molar-refractivity contribution is 6.31. The molecule has 34 heavy (non-hydrogen) atoms. The number of aryl methyl sites for hydroxylation is 2. The molecule has 3 amide bonds. The maximum absolute atomic E-state index is 13.6. The van der Waals surface area contributed by atoms with Crippen molar-refractivity contribution in [2.24, 2.45) is 0 Å². The number of benzene rings is 1. The molecule has 4 rings (SSSR count). The number of hydrogen-bond donors (Lipinski definition) is 3. The fourth-order valence-electron chi connectivity index (χ4n) is 4.13. The van der Waals surface area contributed by atoms with E-state index in [9.17, 15) is 24.3 Å². The van der Waals surface area contributed by atoms with Gasteiger partial charge in [-0.15, -0.1) is 0 Å². The number of halogens is 1. The summed E-state index contributed by atoms with van der Waals surface area (Å²) in [6.07, 6.45) is 0.122. The van der Waals surface area contributed by atoms with Crippen molar-refractivity contribution in [3.05, 3.63) is 67.9 Å². The minimum atomic E-state index is -1.50. The van der Waals surface area contributed by atoms with Gasteiger partial charge in [-0.1, -0.05) is 11.6 Å². The predicted octanol–water partition coefficient (Wildman–Crippen LogP) is 3.45. The molecule has 0 spiro atoms. The average Bonchev–Trinajstić information content (AvgIpc) is 3.41. The van der Waals surface area contributed by atoms with Crippen molar-refractivity contribution >= 4 is 40.4 Å². The van der Waals surface area contributed by atoms with Gasteiger partial charge in [0.05, 0.1) is 12.1 Å². The molecule has 0 saturated carbocycles. The second kappa shape index (κ2) is 9.22. The van der Waals surface area contributed by atoms with Crippen LogP contribution in [-0.2, 0) is 6.54 Å². The highest BCUT2D eigenvalue weighted by Gasteiger charge is 2.32. The fourth-order valence-corrected chi connectivity index (χ4v) is 4.30. The number of carbonyl (C=O) groups is 3. The van der Waals surface area contributed by atoms with E-state index in [1.807, 2.05) is 5.43 Å². The second-order valence-corrected chi connectivity index (χ2v) is 8.58. The maximum atomic E-state index is 13.6. The summed E-state index contributed by atoms with van der Waals surface area (Å²) in [6, 6.07) is 6.12. The van der Waals surface area contributed by atoms with Gasteiger partial charge in [0.25, 0.3) is 11.8 Å². The molecule has 3 aromatic rings. The van der Waals surface area contributed by atoms with E-state index in [0.29, 0.717) is 40.7 Å². The summed E-state index contributed by atoms with van der Waals surface area (Å²) >= 11 is 6.07. The van der Waals surface area contributed by atoms with E-state index >= 15 is 0 Å². The van der Waals surface area contributed by atoms with Gasteiger partial charge in [-0.3, -0.25) is 14.4 Å². The molecule has 0 atom stereocenters. The molecule has 0 unspecified atom stereocenters. The molecule has 0 radical (unpaired) electrons. The largest absolute Gasteiger partial charge is 0.466 e. The Bertz CT molecular complexity index is 1360. The van der Waals surface area contributed by atoms with E-state index < -0.39 is 28.9 Å². The second-order valence-electron chi connectivity index (χ2n) is 8.14. The zero-order valence-corrected chi connectivity index (χ0v) is 19.4. The normalized spacial score (nSPS) is 13.3. The number of nitrogens with one attached hydrogen (secondary N) is 2. The molecule has 1 fully saturated rings. The molecule has 1 aromatic carbocycles. The van der Waals surface area contributed by atoms with Gasteiger partial charge in [0.2, 0.25) is 5.43 Å². The van der Waals surface area contributed by atoms with Crippen molar-refractivity contribution in [1.82, 2.24) is 20.3 Å². The zero-order chi connectivity index (χ0) is 24.6. The molecule has 11 heteroatoms. The number of carbonyl (C=O) groups excluding carboxylic acids is 2. The molecule has 0 bridgehead atoms. The highest BCUT2D eigenvalue weighted by Crippen LogP contribution is 2.22. The van der Waals surface area contributed by atoms with Gasteiger partial charge >= 0.3 is 6.09 Å². The van der Waals surface area contributed by atoms with Crippen LogP contribution in [0.15, 0.2) is 33.5 Å². The van der Waals surface area contributed by atoms with Crippen LogP contribution in [-0.4, -0.2) is 51.0 Å². The fraction of sp³-hybridized carbons (Fsp3) is 0.304.